The maximum atomic E-state index is 13.0. The first kappa shape index (κ1) is 17.3. The minimum absolute atomic E-state index is 0.300. The molecule has 1 fully saturated rings. The molecule has 0 unspecified atom stereocenters. The van der Waals surface area contributed by atoms with Crippen LogP contribution in [0.4, 0.5) is 5.82 Å². The van der Waals surface area contributed by atoms with Crippen LogP contribution in [0.3, 0.4) is 0 Å². The summed E-state index contributed by atoms with van der Waals surface area (Å²) in [5, 5.41) is 2.99. The number of hydrogen-bond donors (Lipinski definition) is 0. The predicted octanol–water partition coefficient (Wildman–Crippen LogP) is 2.39. The molecule has 0 radical (unpaired) electrons. The van der Waals surface area contributed by atoms with Crippen LogP contribution >= 0.6 is 11.3 Å². The Labute approximate surface area is 147 Å². The number of aromatic nitrogens is 2. The van der Waals surface area contributed by atoms with Crippen molar-refractivity contribution in [3.8, 4) is 0 Å². The fourth-order valence-corrected chi connectivity index (χ4v) is 5.18. The van der Waals surface area contributed by atoms with Crippen molar-refractivity contribution in [3.63, 3.8) is 0 Å². The molecule has 0 saturated carbocycles. The number of nitrogens with zero attached hydrogens (tertiary/aromatic N) is 4. The Morgan fingerprint density at radius 1 is 1.21 bits per heavy atom. The fourth-order valence-electron chi connectivity index (χ4n) is 2.86. The average molecular weight is 367 g/mol. The highest BCUT2D eigenvalue weighted by atomic mass is 32.2. The molecular weight excluding hydrogens is 344 g/mol. The van der Waals surface area contributed by atoms with E-state index in [4.69, 9.17) is 0 Å². The Morgan fingerprint density at radius 3 is 2.71 bits per heavy atom. The van der Waals surface area contributed by atoms with Crippen LogP contribution in [-0.2, 0) is 16.4 Å². The van der Waals surface area contributed by atoms with Crippen LogP contribution in [0.15, 0.2) is 34.8 Å². The van der Waals surface area contributed by atoms with Gasteiger partial charge in [-0.2, -0.15) is 4.31 Å². The van der Waals surface area contributed by atoms with Gasteiger partial charge in [0.15, 0.2) is 0 Å². The summed E-state index contributed by atoms with van der Waals surface area (Å²) in [7, 11) is -1.61. The summed E-state index contributed by atoms with van der Waals surface area (Å²) in [4.78, 5) is 10.8. The molecule has 0 aromatic carbocycles. The van der Waals surface area contributed by atoms with Gasteiger partial charge in [0.25, 0.3) is 0 Å². The van der Waals surface area contributed by atoms with Crippen LogP contribution in [0.2, 0.25) is 0 Å². The van der Waals surface area contributed by atoms with E-state index < -0.39 is 10.0 Å². The number of rotatable bonds is 6. The van der Waals surface area contributed by atoms with Crippen LogP contribution in [0.5, 0.6) is 0 Å². The monoisotopic (exact) mass is 366 g/mol. The van der Waals surface area contributed by atoms with Crippen LogP contribution in [0.1, 0.15) is 24.3 Å². The summed E-state index contributed by atoms with van der Waals surface area (Å²) in [5.74, 6) is 0.514. The van der Waals surface area contributed by atoms with Crippen molar-refractivity contribution in [1.82, 2.24) is 14.3 Å². The molecule has 6 nitrogen and oxygen atoms in total. The summed E-state index contributed by atoms with van der Waals surface area (Å²) in [6, 6.07) is 3.35. The number of sulfonamides is 1. The maximum absolute atomic E-state index is 13.0. The van der Waals surface area contributed by atoms with E-state index in [-0.39, 0.29) is 0 Å². The van der Waals surface area contributed by atoms with Crippen molar-refractivity contribution in [3.05, 3.63) is 34.9 Å². The zero-order chi connectivity index (χ0) is 17.0. The van der Waals surface area contributed by atoms with Gasteiger partial charge in [-0.25, -0.2) is 18.4 Å². The van der Waals surface area contributed by atoms with Gasteiger partial charge in [-0.15, -0.1) is 11.3 Å². The fraction of sp³-hybridized carbons (Fsp3) is 0.500. The average Bonchev–Trinajstić information content (AvgIpc) is 3.14. The molecule has 130 valence electrons. The van der Waals surface area contributed by atoms with Crippen molar-refractivity contribution in [1.29, 1.82) is 0 Å². The zero-order valence-electron chi connectivity index (χ0n) is 13.8. The molecule has 8 heteroatoms. The second kappa shape index (κ2) is 7.58. The summed E-state index contributed by atoms with van der Waals surface area (Å²) in [6.45, 7) is 1.87. The van der Waals surface area contributed by atoms with Crippen LogP contribution < -0.4 is 4.90 Å². The number of hydrogen-bond acceptors (Lipinski definition) is 6. The van der Waals surface area contributed by atoms with Crippen molar-refractivity contribution < 1.29 is 8.42 Å². The third-order valence-electron chi connectivity index (χ3n) is 4.19. The van der Waals surface area contributed by atoms with Gasteiger partial charge in [-0.05, 0) is 25.0 Å². The molecule has 2 aromatic rings. The van der Waals surface area contributed by atoms with E-state index in [1.165, 1.54) is 0 Å². The van der Waals surface area contributed by atoms with Crippen molar-refractivity contribution in [2.24, 2.45) is 0 Å². The van der Waals surface area contributed by atoms with E-state index >= 15 is 0 Å². The van der Waals surface area contributed by atoms with Crippen LogP contribution in [0.25, 0.3) is 0 Å². The van der Waals surface area contributed by atoms with Gasteiger partial charge in [-0.1, -0.05) is 6.42 Å². The minimum atomic E-state index is -3.49. The van der Waals surface area contributed by atoms with E-state index in [9.17, 15) is 8.42 Å². The Hall–Kier alpha value is -1.51. The molecule has 2 aromatic heterocycles. The van der Waals surface area contributed by atoms with E-state index in [1.54, 1.807) is 40.2 Å². The first-order valence-electron chi connectivity index (χ1n) is 8.14. The van der Waals surface area contributed by atoms with Gasteiger partial charge in [0.05, 0.1) is 5.01 Å². The molecule has 0 amide bonds. The van der Waals surface area contributed by atoms with Crippen molar-refractivity contribution in [2.45, 2.75) is 30.6 Å². The molecule has 0 N–H and O–H groups in total. The van der Waals surface area contributed by atoms with Crippen molar-refractivity contribution in [2.75, 3.05) is 31.6 Å². The number of piperidine rings is 1. The summed E-state index contributed by atoms with van der Waals surface area (Å²) >= 11 is 1.61. The van der Waals surface area contributed by atoms with E-state index in [0.717, 1.165) is 30.7 Å². The Balaban J connectivity index is 1.81. The smallest absolute Gasteiger partial charge is 0.246 e. The van der Waals surface area contributed by atoms with Crippen molar-refractivity contribution >= 4 is 27.2 Å². The molecule has 1 aliphatic rings. The SMILES string of the molecule is CN(CCc1nccs1)c1ncccc1S(=O)(=O)N1CCCCC1. The third-order valence-corrected chi connectivity index (χ3v) is 6.95. The first-order valence-corrected chi connectivity index (χ1v) is 10.5. The summed E-state index contributed by atoms with van der Waals surface area (Å²) in [6.07, 6.45) is 7.15. The molecule has 24 heavy (non-hydrogen) atoms. The van der Waals surface area contributed by atoms with Gasteiger partial charge in [0, 0.05) is 50.9 Å². The Kier molecular flexibility index (Phi) is 5.47. The Bertz CT molecular complexity index is 756. The molecule has 0 bridgehead atoms. The topological polar surface area (TPSA) is 66.4 Å². The molecule has 1 saturated heterocycles. The van der Waals surface area contributed by atoms with Gasteiger partial charge >= 0.3 is 0 Å². The van der Waals surface area contributed by atoms with Gasteiger partial charge in [-0.3, -0.25) is 0 Å². The molecule has 3 rings (SSSR count). The zero-order valence-corrected chi connectivity index (χ0v) is 15.4. The second-order valence-electron chi connectivity index (χ2n) is 5.89. The lowest BCUT2D eigenvalue weighted by molar-refractivity contribution is 0.346. The first-order chi connectivity index (χ1) is 11.6. The van der Waals surface area contributed by atoms with E-state index in [2.05, 4.69) is 9.97 Å². The number of pyridine rings is 1. The van der Waals surface area contributed by atoms with Gasteiger partial charge in [0.2, 0.25) is 10.0 Å². The highest BCUT2D eigenvalue weighted by Gasteiger charge is 2.29. The molecular formula is C16H22N4O2S2. The van der Waals surface area contributed by atoms with E-state index in [0.29, 0.717) is 30.3 Å². The number of thiazole rings is 1. The van der Waals surface area contributed by atoms with Crippen LogP contribution in [-0.4, -0.2) is 49.4 Å². The summed E-state index contributed by atoms with van der Waals surface area (Å²) < 4.78 is 27.6. The lowest BCUT2D eigenvalue weighted by Crippen LogP contribution is -2.36. The second-order valence-corrected chi connectivity index (χ2v) is 8.77. The molecule has 0 atom stereocenters. The largest absolute Gasteiger partial charge is 0.358 e. The lowest BCUT2D eigenvalue weighted by Gasteiger charge is -2.28. The minimum Gasteiger partial charge on any atom is -0.358 e. The molecule has 1 aliphatic heterocycles. The summed E-state index contributed by atoms with van der Waals surface area (Å²) in [5.41, 5.74) is 0. The van der Waals surface area contributed by atoms with Gasteiger partial charge in [0.1, 0.15) is 10.7 Å². The third kappa shape index (κ3) is 3.76. The predicted molar refractivity (Wildman–Crippen MR) is 95.9 cm³/mol. The van der Waals surface area contributed by atoms with Crippen LogP contribution in [0, 0.1) is 0 Å². The standard InChI is InChI=1S/C16H22N4O2S2/c1-19(12-7-15-17-9-13-23-15)16-14(6-5-8-18-16)24(21,22)20-10-3-2-4-11-20/h5-6,8-9,13H,2-4,7,10-12H2,1H3. The molecule has 3 heterocycles. The quantitative estimate of drug-likeness (QED) is 0.785. The number of likely N-dealkylation sites (N-methyl/N-ethyl adjacent to an activating group) is 1. The molecule has 0 aliphatic carbocycles. The maximum Gasteiger partial charge on any atom is 0.246 e. The normalized spacial score (nSPS) is 16.2. The van der Waals surface area contributed by atoms with Gasteiger partial charge < -0.3 is 4.90 Å². The van der Waals surface area contributed by atoms with E-state index in [1.807, 2.05) is 17.3 Å². The Morgan fingerprint density at radius 2 is 2.00 bits per heavy atom. The highest BCUT2D eigenvalue weighted by Crippen LogP contribution is 2.27. The number of anilines is 1. The molecule has 0 spiro atoms. The lowest BCUT2D eigenvalue weighted by atomic mass is 10.2. The highest BCUT2D eigenvalue weighted by molar-refractivity contribution is 7.89.